The molecular weight excluding hydrogens is 341 g/mol. The zero-order valence-corrected chi connectivity index (χ0v) is 13.7. The smallest absolute Gasteiger partial charge is 0.339 e. The van der Waals surface area contributed by atoms with Gasteiger partial charge in [-0.05, 0) is 35.9 Å². The van der Waals surface area contributed by atoms with Crippen LogP contribution in [-0.4, -0.2) is 12.6 Å². The summed E-state index contributed by atoms with van der Waals surface area (Å²) in [5, 5.41) is 9.69. The van der Waals surface area contributed by atoms with Gasteiger partial charge >= 0.3 is 5.97 Å². The van der Waals surface area contributed by atoms with Gasteiger partial charge in [0.1, 0.15) is 6.07 Å². The first-order valence-electron chi connectivity index (χ1n) is 6.31. The standard InChI is InChI=1S/C16H11Cl2NO2S/c17-13-4-5-14(18)15(9-13)22-10-11-2-1-3-12(8-11)16(20)21-7-6-19/h1-5,8-9H,7,10H2. The lowest BCUT2D eigenvalue weighted by molar-refractivity contribution is 0.0555. The van der Waals surface area contributed by atoms with E-state index < -0.39 is 5.97 Å². The highest BCUT2D eigenvalue weighted by atomic mass is 35.5. The third-order valence-corrected chi connectivity index (χ3v) is 4.52. The molecule has 6 heteroatoms. The molecule has 2 aromatic carbocycles. The molecule has 0 bridgehead atoms. The molecule has 0 aliphatic rings. The summed E-state index contributed by atoms with van der Waals surface area (Å²) in [6, 6.07) is 14.1. The Kier molecular flexibility index (Phi) is 6.14. The Labute approximate surface area is 142 Å². The third-order valence-electron chi connectivity index (χ3n) is 2.72. The molecule has 112 valence electrons. The van der Waals surface area contributed by atoms with Crippen LogP contribution in [0, 0.1) is 11.3 Å². The van der Waals surface area contributed by atoms with Gasteiger partial charge < -0.3 is 4.74 Å². The number of benzene rings is 2. The van der Waals surface area contributed by atoms with Crippen molar-refractivity contribution in [2.24, 2.45) is 0 Å². The highest BCUT2D eigenvalue weighted by Gasteiger charge is 2.08. The van der Waals surface area contributed by atoms with Gasteiger partial charge in [0, 0.05) is 15.7 Å². The van der Waals surface area contributed by atoms with Crippen molar-refractivity contribution in [3.05, 3.63) is 63.6 Å². The molecule has 2 aromatic rings. The minimum absolute atomic E-state index is 0.254. The zero-order valence-electron chi connectivity index (χ0n) is 11.4. The van der Waals surface area contributed by atoms with Gasteiger partial charge in [0.05, 0.1) is 10.6 Å². The van der Waals surface area contributed by atoms with Crippen LogP contribution in [0.1, 0.15) is 15.9 Å². The van der Waals surface area contributed by atoms with Crippen molar-refractivity contribution in [1.29, 1.82) is 5.26 Å². The van der Waals surface area contributed by atoms with E-state index >= 15 is 0 Å². The Morgan fingerprint density at radius 1 is 1.23 bits per heavy atom. The molecule has 0 aliphatic carbocycles. The van der Waals surface area contributed by atoms with Crippen LogP contribution >= 0.6 is 35.0 Å². The number of carbonyl (C=O) groups excluding carboxylic acids is 1. The van der Waals surface area contributed by atoms with Crippen molar-refractivity contribution in [3.8, 4) is 6.07 Å². The third kappa shape index (κ3) is 4.67. The fourth-order valence-electron chi connectivity index (χ4n) is 1.72. The van der Waals surface area contributed by atoms with E-state index in [9.17, 15) is 4.79 Å². The summed E-state index contributed by atoms with van der Waals surface area (Å²) in [6.45, 7) is -0.254. The molecule has 0 aliphatic heterocycles. The average Bonchev–Trinajstić information content (AvgIpc) is 2.53. The quantitative estimate of drug-likeness (QED) is 0.563. The molecule has 0 saturated carbocycles. The van der Waals surface area contributed by atoms with Crippen LogP contribution in [-0.2, 0) is 10.5 Å². The van der Waals surface area contributed by atoms with Crippen LogP contribution in [0.4, 0.5) is 0 Å². The van der Waals surface area contributed by atoms with Crippen molar-refractivity contribution < 1.29 is 9.53 Å². The van der Waals surface area contributed by atoms with Crippen molar-refractivity contribution in [2.45, 2.75) is 10.6 Å². The topological polar surface area (TPSA) is 50.1 Å². The molecule has 0 amide bonds. The summed E-state index contributed by atoms with van der Waals surface area (Å²) in [5.41, 5.74) is 1.37. The van der Waals surface area contributed by atoms with E-state index in [-0.39, 0.29) is 6.61 Å². The van der Waals surface area contributed by atoms with Gasteiger partial charge in [0.2, 0.25) is 0 Å². The van der Waals surface area contributed by atoms with Gasteiger partial charge in [-0.25, -0.2) is 4.79 Å². The summed E-state index contributed by atoms with van der Waals surface area (Å²) in [5.74, 6) is 0.133. The number of nitriles is 1. The molecule has 0 N–H and O–H groups in total. The molecule has 3 nitrogen and oxygen atoms in total. The maximum atomic E-state index is 11.7. The number of hydrogen-bond donors (Lipinski definition) is 0. The lowest BCUT2D eigenvalue weighted by Crippen LogP contribution is -2.05. The second-order valence-corrected chi connectivity index (χ2v) is 6.16. The van der Waals surface area contributed by atoms with E-state index in [1.54, 1.807) is 42.5 Å². The Balaban J connectivity index is 2.06. The van der Waals surface area contributed by atoms with Gasteiger partial charge in [-0.2, -0.15) is 5.26 Å². The number of rotatable bonds is 5. The van der Waals surface area contributed by atoms with Crippen molar-refractivity contribution in [2.75, 3.05) is 6.61 Å². The normalized spacial score (nSPS) is 10.0. The minimum atomic E-state index is -0.505. The molecule has 0 unspecified atom stereocenters. The van der Waals surface area contributed by atoms with Gasteiger partial charge in [0.15, 0.2) is 6.61 Å². The van der Waals surface area contributed by atoms with Crippen molar-refractivity contribution in [1.82, 2.24) is 0 Å². The van der Waals surface area contributed by atoms with Crippen molar-refractivity contribution in [3.63, 3.8) is 0 Å². The van der Waals surface area contributed by atoms with Gasteiger partial charge in [0.25, 0.3) is 0 Å². The fraction of sp³-hybridized carbons (Fsp3) is 0.125. The molecule has 0 radical (unpaired) electrons. The van der Waals surface area contributed by atoms with E-state index in [4.69, 9.17) is 33.2 Å². The number of thioether (sulfide) groups is 1. The van der Waals surface area contributed by atoms with Crippen LogP contribution in [0.25, 0.3) is 0 Å². The van der Waals surface area contributed by atoms with E-state index in [1.807, 2.05) is 6.07 Å². The summed E-state index contributed by atoms with van der Waals surface area (Å²) in [4.78, 5) is 12.6. The molecule has 0 fully saturated rings. The maximum Gasteiger partial charge on any atom is 0.339 e. The largest absolute Gasteiger partial charge is 0.447 e. The summed E-state index contributed by atoms with van der Waals surface area (Å²) < 4.78 is 4.78. The van der Waals surface area contributed by atoms with E-state index in [0.29, 0.717) is 21.4 Å². The lowest BCUT2D eigenvalue weighted by atomic mass is 10.1. The van der Waals surface area contributed by atoms with Gasteiger partial charge in [-0.3, -0.25) is 0 Å². The highest BCUT2D eigenvalue weighted by molar-refractivity contribution is 7.98. The number of ether oxygens (including phenoxy) is 1. The second-order valence-electron chi connectivity index (χ2n) is 4.30. The average molecular weight is 352 g/mol. The van der Waals surface area contributed by atoms with Crippen LogP contribution in [0.15, 0.2) is 47.4 Å². The molecule has 0 atom stereocenters. The monoisotopic (exact) mass is 351 g/mol. The van der Waals surface area contributed by atoms with E-state index in [1.165, 1.54) is 11.8 Å². The summed E-state index contributed by atoms with van der Waals surface area (Å²) in [7, 11) is 0. The second kappa shape index (κ2) is 8.09. The van der Waals surface area contributed by atoms with Gasteiger partial charge in [-0.15, -0.1) is 11.8 Å². The first-order chi connectivity index (χ1) is 10.6. The summed E-state index contributed by atoms with van der Waals surface area (Å²) >= 11 is 13.6. The van der Waals surface area contributed by atoms with Gasteiger partial charge in [-0.1, -0.05) is 35.3 Å². The predicted molar refractivity (Wildman–Crippen MR) is 88.4 cm³/mol. The first kappa shape index (κ1) is 16.7. The van der Waals surface area contributed by atoms with Crippen LogP contribution in [0.3, 0.4) is 0 Å². The number of hydrogen-bond acceptors (Lipinski definition) is 4. The van der Waals surface area contributed by atoms with Crippen LogP contribution in [0.5, 0.6) is 0 Å². The highest BCUT2D eigenvalue weighted by Crippen LogP contribution is 2.32. The molecular formula is C16H11Cl2NO2S. The fourth-order valence-corrected chi connectivity index (χ4v) is 3.15. The predicted octanol–water partition coefficient (Wildman–Crippen LogP) is 4.97. The zero-order chi connectivity index (χ0) is 15.9. The summed E-state index contributed by atoms with van der Waals surface area (Å²) in [6.07, 6.45) is 0. The Bertz CT molecular complexity index is 728. The number of carbonyl (C=O) groups is 1. The number of esters is 1. The SMILES string of the molecule is N#CCOC(=O)c1cccc(CSc2cc(Cl)ccc2Cl)c1. The Morgan fingerprint density at radius 2 is 2.05 bits per heavy atom. The number of nitrogens with zero attached hydrogens (tertiary/aromatic N) is 1. The Hall–Kier alpha value is -1.67. The van der Waals surface area contributed by atoms with E-state index in [2.05, 4.69) is 0 Å². The van der Waals surface area contributed by atoms with Crippen LogP contribution < -0.4 is 0 Å². The molecule has 0 heterocycles. The number of halogens is 2. The van der Waals surface area contributed by atoms with Crippen LogP contribution in [0.2, 0.25) is 10.0 Å². The minimum Gasteiger partial charge on any atom is -0.447 e. The Morgan fingerprint density at radius 3 is 2.82 bits per heavy atom. The molecule has 0 saturated heterocycles. The molecule has 2 rings (SSSR count). The molecule has 0 aromatic heterocycles. The lowest BCUT2D eigenvalue weighted by Gasteiger charge is -2.06. The van der Waals surface area contributed by atoms with E-state index in [0.717, 1.165) is 10.5 Å². The molecule has 0 spiro atoms. The maximum absolute atomic E-state index is 11.7. The van der Waals surface area contributed by atoms with Crippen molar-refractivity contribution >= 4 is 40.9 Å². The molecule has 22 heavy (non-hydrogen) atoms. The first-order valence-corrected chi connectivity index (χ1v) is 8.05.